The van der Waals surface area contributed by atoms with Crippen molar-refractivity contribution in [2.24, 2.45) is 58.8 Å². The summed E-state index contributed by atoms with van der Waals surface area (Å²) in [5, 5.41) is 82.7. The van der Waals surface area contributed by atoms with Crippen molar-refractivity contribution in [1.82, 2.24) is 90.0 Å². The summed E-state index contributed by atoms with van der Waals surface area (Å²) in [5.74, 6) is -21.8. The molecule has 135 heavy (non-hydrogen) atoms. The summed E-state index contributed by atoms with van der Waals surface area (Å²) in [6, 6.07) is -21.6. The fourth-order valence-corrected chi connectivity index (χ4v) is 14.9. The highest BCUT2D eigenvalue weighted by atomic mass is 16.5. The molecule has 0 aromatic carbocycles. The molecule has 0 spiro atoms. The predicted molar refractivity (Wildman–Crippen MR) is 499 cm³/mol. The van der Waals surface area contributed by atoms with Gasteiger partial charge >= 0.3 is 5.97 Å². The third-order valence-corrected chi connectivity index (χ3v) is 23.0. The average molecular weight is 1910 g/mol. The lowest BCUT2D eigenvalue weighted by molar-refractivity contribution is -0.152. The van der Waals surface area contributed by atoms with Crippen LogP contribution in [0.4, 0.5) is 0 Å². The zero-order chi connectivity index (χ0) is 103. The minimum absolute atomic E-state index is 0.0304. The number of aliphatic hydroxyl groups excluding tert-OH is 4. The van der Waals surface area contributed by atoms with E-state index in [1.807, 2.05) is 6.92 Å². The van der Waals surface area contributed by atoms with Gasteiger partial charge in [-0.3, -0.25) is 91.1 Å². The van der Waals surface area contributed by atoms with Crippen molar-refractivity contribution in [1.29, 1.82) is 0 Å². The fourth-order valence-electron chi connectivity index (χ4n) is 14.9. The van der Waals surface area contributed by atoms with E-state index in [-0.39, 0.29) is 94.3 Å². The highest BCUT2D eigenvalue weighted by Crippen LogP contribution is 2.23. The number of primary amides is 1. The van der Waals surface area contributed by atoms with Gasteiger partial charge in [-0.25, -0.2) is 0 Å². The van der Waals surface area contributed by atoms with E-state index >= 15 is 0 Å². The summed E-state index contributed by atoms with van der Waals surface area (Å²) in [6.45, 7) is 34.1. The number of nitrogens with one attached hydrogen (secondary N) is 16. The van der Waals surface area contributed by atoms with Gasteiger partial charge < -0.3 is 127 Å². The first-order valence-corrected chi connectivity index (χ1v) is 47.2. The van der Waals surface area contributed by atoms with E-state index in [9.17, 15) is 112 Å². The van der Waals surface area contributed by atoms with Crippen LogP contribution in [0.15, 0.2) is 35.7 Å². The van der Waals surface area contributed by atoms with Crippen molar-refractivity contribution in [2.45, 2.75) is 350 Å². The molecule has 0 bridgehead atoms. The lowest BCUT2D eigenvalue weighted by atomic mass is 9.96. The Morgan fingerprint density at radius 2 is 0.956 bits per heavy atom. The first-order chi connectivity index (χ1) is 63.3. The number of amides is 18. The highest BCUT2D eigenvalue weighted by molar-refractivity contribution is 6.05. The van der Waals surface area contributed by atoms with Gasteiger partial charge in [-0.2, -0.15) is 0 Å². The molecule has 18 amide bonds. The van der Waals surface area contributed by atoms with Crippen molar-refractivity contribution >= 4 is 112 Å². The largest absolute Gasteiger partial charge is 0.460 e. The summed E-state index contributed by atoms with van der Waals surface area (Å²) >= 11 is 0. The SMILES string of the molecule is C=C1CCC(=O)OC(C)C(NC(=O)C(=CC)NC(=O)C(NC(=O)C(CC(C)C)NC(=O)C(CCC(N)=O)NC(=O)C(NC(=O)C(NC(=O)C(CC(C)C)NC(=O)C(CO)NC(=O)C(NC(=O)C(CC(C)C)NC(=O)C(CO)NC(=O)C2CCCN2C(=O)C(=CC)NC(=O)CC(O)CCCCC)C(C)C)C(C)C)C(C)C)C(C)C)C(=O)NC(C(C)CC)C(=O)NC(CCO)C(=O)NC1CCN. The van der Waals surface area contributed by atoms with E-state index in [4.69, 9.17) is 16.2 Å². The minimum Gasteiger partial charge on any atom is -0.460 e. The molecular weight excluding hydrogens is 1760 g/mol. The number of esters is 1. The van der Waals surface area contributed by atoms with Gasteiger partial charge in [-0.15, -0.1) is 0 Å². The number of hydrogen-bond donors (Lipinski definition) is 22. The van der Waals surface area contributed by atoms with Gasteiger partial charge in [0.1, 0.15) is 102 Å². The van der Waals surface area contributed by atoms with Crippen molar-refractivity contribution in [3.05, 3.63) is 35.7 Å². The van der Waals surface area contributed by atoms with Gasteiger partial charge in [0.2, 0.25) is 94.5 Å². The van der Waals surface area contributed by atoms with Crippen LogP contribution in [-0.4, -0.2) is 273 Å². The highest BCUT2D eigenvalue weighted by Gasteiger charge is 2.44. The number of likely N-dealkylation sites (tertiary alicyclic amines) is 1. The maximum absolute atomic E-state index is 14.6. The average Bonchev–Trinajstić information content (AvgIpc) is 1.72. The van der Waals surface area contributed by atoms with Crippen LogP contribution < -0.4 is 96.5 Å². The second-order valence-corrected chi connectivity index (χ2v) is 37.4. The molecule has 2 heterocycles. The van der Waals surface area contributed by atoms with E-state index in [2.05, 4.69) is 91.6 Å². The zero-order valence-corrected chi connectivity index (χ0v) is 82.4. The molecule has 2 aliphatic rings. The summed E-state index contributed by atoms with van der Waals surface area (Å²) in [5.41, 5.74) is 11.2. The number of nitrogens with two attached hydrogens (primary N) is 2. The van der Waals surface area contributed by atoms with Crippen molar-refractivity contribution < 1.29 is 116 Å². The summed E-state index contributed by atoms with van der Waals surface area (Å²) in [7, 11) is 0. The van der Waals surface area contributed by atoms with Crippen LogP contribution in [0.3, 0.4) is 0 Å². The lowest BCUT2D eigenvalue weighted by Gasteiger charge is -2.31. The first-order valence-electron chi connectivity index (χ1n) is 47.2. The number of nitrogens with zero attached hydrogens (tertiary/aromatic N) is 1. The number of unbranched alkanes of at least 4 members (excludes halogenated alkanes) is 2. The third-order valence-electron chi connectivity index (χ3n) is 23.0. The van der Waals surface area contributed by atoms with Crippen molar-refractivity contribution in [2.75, 3.05) is 32.9 Å². The molecule has 18 unspecified atom stereocenters. The van der Waals surface area contributed by atoms with E-state index in [0.29, 0.717) is 31.3 Å². The summed E-state index contributed by atoms with van der Waals surface area (Å²) in [4.78, 5) is 268. The molecule has 2 saturated heterocycles. The van der Waals surface area contributed by atoms with Gasteiger partial charge in [0.15, 0.2) is 0 Å². The maximum Gasteiger partial charge on any atom is 0.306 e. The van der Waals surface area contributed by atoms with E-state index in [1.54, 1.807) is 111 Å². The van der Waals surface area contributed by atoms with Crippen LogP contribution in [0, 0.1) is 47.3 Å². The molecule has 2 fully saturated rings. The number of ether oxygens (including phenoxy) is 1. The molecule has 2 rings (SSSR count). The minimum atomic E-state index is -1.78. The predicted octanol–water partition coefficient (Wildman–Crippen LogP) is -1.79. The van der Waals surface area contributed by atoms with Gasteiger partial charge in [0.25, 0.3) is 11.8 Å². The van der Waals surface area contributed by atoms with Crippen LogP contribution in [-0.2, 0) is 95.8 Å². The fraction of sp³-hybridized carbons (Fsp3) is 0.728. The Bertz CT molecular complexity index is 4100. The normalized spacial score (nSPS) is 19.9. The van der Waals surface area contributed by atoms with Gasteiger partial charge in [0.05, 0.1) is 31.8 Å². The number of cyclic esters (lactones) is 1. The van der Waals surface area contributed by atoms with Crippen LogP contribution in [0.25, 0.3) is 0 Å². The molecule has 0 saturated carbocycles. The number of allylic oxidation sites excluding steroid dienone is 2. The van der Waals surface area contributed by atoms with Crippen molar-refractivity contribution in [3.8, 4) is 0 Å². The molecule has 0 aromatic heterocycles. The molecule has 2 aliphatic heterocycles. The number of aliphatic hydroxyl groups is 4. The molecular formula is C92H157N19O24. The van der Waals surface area contributed by atoms with Crippen LogP contribution in [0.1, 0.15) is 248 Å². The molecule has 0 aromatic rings. The Labute approximate surface area is 792 Å². The number of rotatable bonds is 53. The Morgan fingerprint density at radius 1 is 0.519 bits per heavy atom. The van der Waals surface area contributed by atoms with Gasteiger partial charge in [-0.1, -0.05) is 168 Å². The Morgan fingerprint density at radius 3 is 1.39 bits per heavy atom. The smallest absolute Gasteiger partial charge is 0.306 e. The number of carbonyl (C=O) groups is 19. The van der Waals surface area contributed by atoms with Crippen LogP contribution in [0.5, 0.6) is 0 Å². The molecule has 764 valence electrons. The van der Waals surface area contributed by atoms with E-state index < -0.39 is 283 Å². The van der Waals surface area contributed by atoms with Crippen LogP contribution in [0.2, 0.25) is 0 Å². The molecule has 0 aliphatic carbocycles. The van der Waals surface area contributed by atoms with Gasteiger partial charge in [0, 0.05) is 26.0 Å². The molecule has 43 nitrogen and oxygen atoms in total. The Hall–Kier alpha value is -11.0. The Balaban J connectivity index is 2.41. The number of hydrogen-bond acceptors (Lipinski definition) is 25. The van der Waals surface area contributed by atoms with E-state index in [0.717, 1.165) is 12.8 Å². The second kappa shape index (κ2) is 60.4. The quantitative estimate of drug-likeness (QED) is 0.0138. The number of carbonyl (C=O) groups excluding carboxylic acids is 19. The van der Waals surface area contributed by atoms with Crippen LogP contribution >= 0.6 is 0 Å². The lowest BCUT2D eigenvalue weighted by Crippen LogP contribution is -2.62. The molecule has 0 radical (unpaired) electrons. The zero-order valence-electron chi connectivity index (χ0n) is 82.4. The summed E-state index contributed by atoms with van der Waals surface area (Å²) < 4.78 is 5.69. The molecule has 24 N–H and O–H groups in total. The monoisotopic (exact) mass is 1910 g/mol. The van der Waals surface area contributed by atoms with E-state index in [1.165, 1.54) is 37.8 Å². The Kier molecular flexibility index (Phi) is 53.7. The first kappa shape index (κ1) is 120. The maximum atomic E-state index is 14.6. The molecule has 43 heteroatoms. The standard InChI is InChI=1S/C92H157N19O24/c1-22-26-27-29-56(115)43-69(117)95-58(25-4)92(134)111-38-28-30-67(111)85(127)103-65(44-113)83(125)101-63(41-47(7)8)81(123)106-72(50(13)14)88(130)104-66(45-114)84(126)102-64(42-48(9)10)82(124)107-74(52(17)18)89(131)108-73(51(15)16)87(129)98-60(32-33-68(94)116)78(120)100-62(40-46(5)6)80(122)105-71(49(11)12)86(128)96-57(24-3)77(119)110-76-55(21)135-70(118)34-31-54(20)59(35-37-93)97-79(121)61(36-39-112)99-90(132)75(53(19)23-2)109-91(76)133/h24-25,46-53,55-56,59-67,71-76,112-115H,20,22-23,26-45,93H2,1-19,21H3,(H2,94,116)(H,95,117)(H,96,128)(H,97,121)(H,98,129)(H,99,132)(H,100,120)(H,101,125)(H,102,126)(H,103,127)(H,104,130)(H,105,122)(H,106,123)(H,107,124)(H,108,131)(H,109,133)(H,110,119). The van der Waals surface area contributed by atoms with Crippen molar-refractivity contribution in [3.63, 3.8) is 0 Å². The third kappa shape index (κ3) is 40.8. The van der Waals surface area contributed by atoms with Gasteiger partial charge in [-0.05, 0) is 139 Å². The second-order valence-electron chi connectivity index (χ2n) is 37.4. The molecule has 18 atom stereocenters. The topological polar surface area (TPSA) is 662 Å². The summed E-state index contributed by atoms with van der Waals surface area (Å²) in [6.07, 6.45) is 2.08.